The van der Waals surface area contributed by atoms with Crippen LogP contribution in [-0.4, -0.2) is 18.5 Å². The highest BCUT2D eigenvalue weighted by Gasteiger charge is 2.13. The van der Waals surface area contributed by atoms with Crippen molar-refractivity contribution >= 4 is 17.3 Å². The average molecular weight is 265 g/mol. The van der Waals surface area contributed by atoms with Gasteiger partial charge in [0.05, 0.1) is 0 Å². The monoisotopic (exact) mass is 265 g/mol. The Morgan fingerprint density at radius 3 is 2.94 bits per heavy atom. The van der Waals surface area contributed by atoms with Gasteiger partial charge >= 0.3 is 0 Å². The molecule has 1 heterocycles. The highest BCUT2D eigenvalue weighted by molar-refractivity contribution is 7.07. The van der Waals surface area contributed by atoms with Gasteiger partial charge in [-0.3, -0.25) is 4.99 Å². The smallest absolute Gasteiger partial charge is 0.188 e. The van der Waals surface area contributed by atoms with E-state index < -0.39 is 0 Å². The fraction of sp³-hybridized carbons (Fsp3) is 0.643. The van der Waals surface area contributed by atoms with Crippen molar-refractivity contribution in [3.05, 3.63) is 22.4 Å². The van der Waals surface area contributed by atoms with Crippen LogP contribution in [0.5, 0.6) is 0 Å². The SMILES string of the molecule is CC(CN=C(N)NC1CCCCC1)c1ccsc1. The first kappa shape index (κ1) is 13.4. The van der Waals surface area contributed by atoms with Crippen LogP contribution in [0.3, 0.4) is 0 Å². The topological polar surface area (TPSA) is 50.4 Å². The summed E-state index contributed by atoms with van der Waals surface area (Å²) in [5.74, 6) is 1.06. The van der Waals surface area contributed by atoms with Gasteiger partial charge in [0.15, 0.2) is 5.96 Å². The maximum absolute atomic E-state index is 5.95. The van der Waals surface area contributed by atoms with E-state index in [4.69, 9.17) is 5.73 Å². The maximum Gasteiger partial charge on any atom is 0.188 e. The molecule has 0 radical (unpaired) electrons. The van der Waals surface area contributed by atoms with Crippen LogP contribution in [0.4, 0.5) is 0 Å². The predicted molar refractivity (Wildman–Crippen MR) is 79.2 cm³/mol. The molecular formula is C14H23N3S. The van der Waals surface area contributed by atoms with Crippen LogP contribution in [0, 0.1) is 0 Å². The zero-order chi connectivity index (χ0) is 12.8. The Hall–Kier alpha value is -1.03. The molecule has 1 atom stereocenters. The molecule has 100 valence electrons. The number of guanidine groups is 1. The molecule has 1 saturated carbocycles. The van der Waals surface area contributed by atoms with Gasteiger partial charge in [0.2, 0.25) is 0 Å². The molecule has 1 fully saturated rings. The van der Waals surface area contributed by atoms with E-state index in [1.165, 1.54) is 37.7 Å². The Morgan fingerprint density at radius 1 is 1.50 bits per heavy atom. The normalized spacial score (nSPS) is 19.7. The third-order valence-corrected chi connectivity index (χ3v) is 4.31. The molecule has 3 N–H and O–H groups in total. The molecule has 18 heavy (non-hydrogen) atoms. The fourth-order valence-corrected chi connectivity index (χ4v) is 3.18. The Morgan fingerprint density at radius 2 is 2.28 bits per heavy atom. The minimum Gasteiger partial charge on any atom is -0.370 e. The minimum atomic E-state index is 0.447. The number of thiophene rings is 1. The first-order valence-corrected chi connectivity index (χ1v) is 7.78. The van der Waals surface area contributed by atoms with E-state index in [-0.39, 0.29) is 0 Å². The van der Waals surface area contributed by atoms with Gasteiger partial charge in [-0.25, -0.2) is 0 Å². The van der Waals surface area contributed by atoms with E-state index in [0.717, 1.165) is 6.54 Å². The molecule has 3 nitrogen and oxygen atoms in total. The van der Waals surface area contributed by atoms with Gasteiger partial charge in [0, 0.05) is 18.5 Å². The lowest BCUT2D eigenvalue weighted by molar-refractivity contribution is 0.412. The minimum absolute atomic E-state index is 0.447. The zero-order valence-electron chi connectivity index (χ0n) is 11.1. The van der Waals surface area contributed by atoms with Crippen molar-refractivity contribution in [1.29, 1.82) is 0 Å². The van der Waals surface area contributed by atoms with Gasteiger partial charge < -0.3 is 11.1 Å². The van der Waals surface area contributed by atoms with Crippen LogP contribution in [0.1, 0.15) is 50.5 Å². The quantitative estimate of drug-likeness (QED) is 0.649. The van der Waals surface area contributed by atoms with E-state index in [1.807, 2.05) is 0 Å². The second kappa shape index (κ2) is 6.78. The van der Waals surface area contributed by atoms with Crippen LogP contribution < -0.4 is 11.1 Å². The molecule has 1 aromatic heterocycles. The van der Waals surface area contributed by atoms with Crippen molar-refractivity contribution in [2.45, 2.75) is 51.0 Å². The van der Waals surface area contributed by atoms with Crippen molar-refractivity contribution in [3.8, 4) is 0 Å². The largest absolute Gasteiger partial charge is 0.370 e. The Balaban J connectivity index is 1.77. The van der Waals surface area contributed by atoms with Crippen LogP contribution in [-0.2, 0) is 0 Å². The zero-order valence-corrected chi connectivity index (χ0v) is 11.9. The first-order valence-electron chi connectivity index (χ1n) is 6.84. The average Bonchev–Trinajstić information content (AvgIpc) is 2.91. The van der Waals surface area contributed by atoms with Crippen LogP contribution in [0.25, 0.3) is 0 Å². The summed E-state index contributed by atoms with van der Waals surface area (Å²) in [5, 5.41) is 7.65. The summed E-state index contributed by atoms with van der Waals surface area (Å²) in [7, 11) is 0. The molecule has 1 aliphatic carbocycles. The molecule has 1 unspecified atom stereocenters. The number of nitrogens with one attached hydrogen (secondary N) is 1. The molecule has 1 aliphatic rings. The highest BCUT2D eigenvalue weighted by atomic mass is 32.1. The van der Waals surface area contributed by atoms with Gasteiger partial charge in [-0.15, -0.1) is 0 Å². The summed E-state index contributed by atoms with van der Waals surface area (Å²) in [6, 6.07) is 2.70. The van der Waals surface area contributed by atoms with Crippen LogP contribution >= 0.6 is 11.3 Å². The third kappa shape index (κ3) is 4.02. The summed E-state index contributed by atoms with van der Waals surface area (Å²) in [6.07, 6.45) is 6.46. The van der Waals surface area contributed by atoms with E-state index >= 15 is 0 Å². The lowest BCUT2D eigenvalue weighted by Gasteiger charge is -2.23. The van der Waals surface area contributed by atoms with E-state index in [9.17, 15) is 0 Å². The summed E-state index contributed by atoms with van der Waals surface area (Å²) < 4.78 is 0. The molecule has 2 rings (SSSR count). The number of aliphatic imine (C=N–C) groups is 1. The number of nitrogens with zero attached hydrogens (tertiary/aromatic N) is 1. The molecule has 1 aromatic rings. The molecule has 0 aliphatic heterocycles. The van der Waals surface area contributed by atoms with Gasteiger partial charge in [-0.1, -0.05) is 26.2 Å². The standard InChI is InChI=1S/C14H23N3S/c1-11(12-7-8-18-10-12)9-16-14(15)17-13-5-3-2-4-6-13/h7-8,10-11,13H,2-6,9H2,1H3,(H3,15,16,17). The van der Waals surface area contributed by atoms with E-state index in [0.29, 0.717) is 17.9 Å². The van der Waals surface area contributed by atoms with Gasteiger partial charge in [-0.05, 0) is 35.2 Å². The van der Waals surface area contributed by atoms with Crippen molar-refractivity contribution in [2.75, 3.05) is 6.54 Å². The van der Waals surface area contributed by atoms with Crippen LogP contribution in [0.15, 0.2) is 21.8 Å². The molecule has 0 bridgehead atoms. The Kier molecular flexibility index (Phi) is 5.05. The van der Waals surface area contributed by atoms with Gasteiger partial charge in [0.25, 0.3) is 0 Å². The van der Waals surface area contributed by atoms with E-state index in [2.05, 4.69) is 34.1 Å². The highest BCUT2D eigenvalue weighted by Crippen LogP contribution is 2.19. The maximum atomic E-state index is 5.95. The second-order valence-corrected chi connectivity index (χ2v) is 5.94. The Labute approximate surface area is 114 Å². The summed E-state index contributed by atoms with van der Waals surface area (Å²) in [5.41, 5.74) is 7.30. The Bertz CT molecular complexity index is 366. The van der Waals surface area contributed by atoms with E-state index in [1.54, 1.807) is 11.3 Å². The summed E-state index contributed by atoms with van der Waals surface area (Å²) in [4.78, 5) is 4.46. The van der Waals surface area contributed by atoms with Crippen molar-refractivity contribution < 1.29 is 0 Å². The summed E-state index contributed by atoms with van der Waals surface area (Å²) in [6.45, 7) is 2.96. The number of hydrogen-bond acceptors (Lipinski definition) is 2. The lowest BCUT2D eigenvalue weighted by atomic mass is 9.96. The molecule has 0 amide bonds. The number of rotatable bonds is 4. The molecular weight excluding hydrogens is 242 g/mol. The fourth-order valence-electron chi connectivity index (χ4n) is 2.40. The molecule has 0 spiro atoms. The first-order chi connectivity index (χ1) is 8.75. The lowest BCUT2D eigenvalue weighted by Crippen LogP contribution is -2.41. The van der Waals surface area contributed by atoms with Crippen LogP contribution in [0.2, 0.25) is 0 Å². The number of nitrogens with two attached hydrogens (primary N) is 1. The van der Waals surface area contributed by atoms with Crippen molar-refractivity contribution in [1.82, 2.24) is 5.32 Å². The molecule has 0 saturated heterocycles. The number of hydrogen-bond donors (Lipinski definition) is 2. The second-order valence-electron chi connectivity index (χ2n) is 5.16. The molecule has 4 heteroatoms. The van der Waals surface area contributed by atoms with Crippen molar-refractivity contribution in [3.63, 3.8) is 0 Å². The third-order valence-electron chi connectivity index (χ3n) is 3.60. The molecule has 0 aromatic carbocycles. The van der Waals surface area contributed by atoms with Gasteiger partial charge in [-0.2, -0.15) is 11.3 Å². The predicted octanol–water partition coefficient (Wildman–Crippen LogP) is 3.09. The summed E-state index contributed by atoms with van der Waals surface area (Å²) >= 11 is 1.74. The van der Waals surface area contributed by atoms with Crippen molar-refractivity contribution in [2.24, 2.45) is 10.7 Å². The van der Waals surface area contributed by atoms with Gasteiger partial charge in [0.1, 0.15) is 0 Å².